The molecule has 2 N–H and O–H groups in total. The Balaban J connectivity index is 1.93. The minimum absolute atomic E-state index is 0.121. The monoisotopic (exact) mass is 226 g/mol. The van der Waals surface area contributed by atoms with Crippen LogP contribution in [0.4, 0.5) is 0 Å². The minimum Gasteiger partial charge on any atom is -0.346 e. The Hall–Kier alpha value is -1.01. The molecule has 82 valence electrons. The average Bonchev–Trinajstić information content (AvgIpc) is 2.74. The number of aromatic nitrogens is 2. The lowest BCUT2D eigenvalue weighted by Crippen LogP contribution is -2.50. The molecule has 2 atom stereocenters. The molecule has 1 amide bonds. The van der Waals surface area contributed by atoms with Crippen LogP contribution in [-0.2, 0) is 0 Å². The van der Waals surface area contributed by atoms with Crippen LogP contribution in [0.5, 0.6) is 0 Å². The van der Waals surface area contributed by atoms with Crippen molar-refractivity contribution >= 4 is 17.4 Å². The molecule has 2 heterocycles. The largest absolute Gasteiger partial charge is 0.346 e. The second-order valence-corrected chi connectivity index (χ2v) is 4.45. The van der Waals surface area contributed by atoms with E-state index in [4.69, 9.17) is 0 Å². The Morgan fingerprint density at radius 1 is 1.73 bits per heavy atom. The molecule has 0 spiro atoms. The summed E-state index contributed by atoms with van der Waals surface area (Å²) < 4.78 is 3.67. The molecule has 15 heavy (non-hydrogen) atoms. The number of amides is 1. The summed E-state index contributed by atoms with van der Waals surface area (Å²) in [6.07, 6.45) is 1.10. The van der Waals surface area contributed by atoms with Gasteiger partial charge in [-0.3, -0.25) is 4.79 Å². The van der Waals surface area contributed by atoms with Crippen LogP contribution in [0.25, 0.3) is 0 Å². The van der Waals surface area contributed by atoms with Gasteiger partial charge in [-0.1, -0.05) is 11.4 Å². The predicted octanol–water partition coefficient (Wildman–Crippen LogP) is 0.266. The highest BCUT2D eigenvalue weighted by molar-refractivity contribution is 7.03. The van der Waals surface area contributed by atoms with Crippen LogP contribution in [0, 0.1) is 5.92 Å². The lowest BCUT2D eigenvalue weighted by Gasteiger charge is -2.29. The number of nitrogens with zero attached hydrogens (tertiary/aromatic N) is 2. The predicted molar refractivity (Wildman–Crippen MR) is 57.8 cm³/mol. The fourth-order valence-corrected chi connectivity index (χ4v) is 2.13. The molecular weight excluding hydrogens is 212 g/mol. The molecule has 1 aliphatic rings. The molecular formula is C9H14N4OS. The molecule has 0 aliphatic carbocycles. The normalized spacial score (nSPS) is 26.2. The Morgan fingerprint density at radius 2 is 2.60 bits per heavy atom. The fourth-order valence-electron chi connectivity index (χ4n) is 1.69. The maximum absolute atomic E-state index is 11.7. The molecule has 6 heteroatoms. The first-order valence-electron chi connectivity index (χ1n) is 5.06. The molecule has 1 aromatic rings. The third kappa shape index (κ3) is 2.51. The molecule has 2 unspecified atom stereocenters. The van der Waals surface area contributed by atoms with Crippen LogP contribution in [0.1, 0.15) is 23.8 Å². The molecule has 1 aliphatic heterocycles. The molecule has 0 aromatic carbocycles. The highest BCUT2D eigenvalue weighted by Crippen LogP contribution is 2.11. The van der Waals surface area contributed by atoms with Gasteiger partial charge in [0.05, 0.1) is 0 Å². The standard InChI is InChI=1S/C9H14N4OS/c1-6-2-3-10-4-7(6)11-9(14)8-5-15-13-12-8/h5-7,10H,2-4H2,1H3,(H,11,14). The van der Waals surface area contributed by atoms with Crippen molar-refractivity contribution in [2.75, 3.05) is 13.1 Å². The Bertz CT molecular complexity index is 327. The van der Waals surface area contributed by atoms with Crippen molar-refractivity contribution in [2.45, 2.75) is 19.4 Å². The summed E-state index contributed by atoms with van der Waals surface area (Å²) in [6, 6.07) is 0.202. The van der Waals surface area contributed by atoms with Crippen molar-refractivity contribution < 1.29 is 4.79 Å². The summed E-state index contributed by atoms with van der Waals surface area (Å²) in [5.74, 6) is 0.395. The van der Waals surface area contributed by atoms with E-state index in [2.05, 4.69) is 27.1 Å². The second-order valence-electron chi connectivity index (χ2n) is 3.84. The Labute approximate surface area is 92.4 Å². The van der Waals surface area contributed by atoms with Gasteiger partial charge in [0.1, 0.15) is 0 Å². The maximum Gasteiger partial charge on any atom is 0.273 e. The van der Waals surface area contributed by atoms with Crippen molar-refractivity contribution in [1.29, 1.82) is 0 Å². The van der Waals surface area contributed by atoms with E-state index >= 15 is 0 Å². The molecule has 2 rings (SSSR count). The Morgan fingerprint density at radius 3 is 3.27 bits per heavy atom. The van der Waals surface area contributed by atoms with Gasteiger partial charge in [0, 0.05) is 18.0 Å². The SMILES string of the molecule is CC1CCNCC1NC(=O)c1csnn1. The number of carbonyl (C=O) groups is 1. The van der Waals surface area contributed by atoms with Crippen molar-refractivity contribution in [2.24, 2.45) is 5.92 Å². The lowest BCUT2D eigenvalue weighted by molar-refractivity contribution is 0.0910. The van der Waals surface area contributed by atoms with Crippen LogP contribution in [0.15, 0.2) is 5.38 Å². The minimum atomic E-state index is -0.121. The maximum atomic E-state index is 11.7. The van der Waals surface area contributed by atoms with Crippen molar-refractivity contribution in [1.82, 2.24) is 20.2 Å². The number of carbonyl (C=O) groups excluding carboxylic acids is 1. The van der Waals surface area contributed by atoms with Crippen LogP contribution >= 0.6 is 11.5 Å². The summed E-state index contributed by atoms with van der Waals surface area (Å²) >= 11 is 1.19. The first-order valence-corrected chi connectivity index (χ1v) is 5.89. The smallest absolute Gasteiger partial charge is 0.273 e. The summed E-state index contributed by atoms with van der Waals surface area (Å²) in [4.78, 5) is 11.7. The van der Waals surface area contributed by atoms with Gasteiger partial charge >= 0.3 is 0 Å². The molecule has 0 radical (unpaired) electrons. The van der Waals surface area contributed by atoms with Gasteiger partial charge in [0.15, 0.2) is 5.69 Å². The van der Waals surface area contributed by atoms with Crippen LogP contribution in [0.3, 0.4) is 0 Å². The number of hydrogen-bond acceptors (Lipinski definition) is 5. The van der Waals surface area contributed by atoms with Crippen LogP contribution in [-0.4, -0.2) is 34.6 Å². The fraction of sp³-hybridized carbons (Fsp3) is 0.667. The molecule has 1 aromatic heterocycles. The van der Waals surface area contributed by atoms with E-state index in [-0.39, 0.29) is 11.9 Å². The van der Waals surface area contributed by atoms with E-state index in [1.54, 1.807) is 5.38 Å². The van der Waals surface area contributed by atoms with Gasteiger partial charge in [-0.25, -0.2) is 0 Å². The first-order chi connectivity index (χ1) is 7.27. The third-order valence-corrected chi connectivity index (χ3v) is 3.24. The molecule has 5 nitrogen and oxygen atoms in total. The highest BCUT2D eigenvalue weighted by Gasteiger charge is 2.23. The number of hydrogen-bond donors (Lipinski definition) is 2. The van der Waals surface area contributed by atoms with Crippen molar-refractivity contribution in [3.63, 3.8) is 0 Å². The molecule has 1 saturated heterocycles. The molecule has 0 saturated carbocycles. The van der Waals surface area contributed by atoms with E-state index in [1.807, 2.05) is 0 Å². The van der Waals surface area contributed by atoms with Gasteiger partial charge in [0.2, 0.25) is 0 Å². The summed E-state index contributed by atoms with van der Waals surface area (Å²) in [6.45, 7) is 4.03. The third-order valence-electron chi connectivity index (χ3n) is 2.74. The zero-order chi connectivity index (χ0) is 10.7. The molecule has 0 bridgehead atoms. The number of piperidine rings is 1. The molecule has 1 fully saturated rings. The van der Waals surface area contributed by atoms with E-state index in [9.17, 15) is 4.79 Å². The van der Waals surface area contributed by atoms with Gasteiger partial charge < -0.3 is 10.6 Å². The zero-order valence-corrected chi connectivity index (χ0v) is 9.38. The van der Waals surface area contributed by atoms with E-state index in [1.165, 1.54) is 11.5 Å². The van der Waals surface area contributed by atoms with Gasteiger partial charge in [-0.05, 0) is 30.4 Å². The topological polar surface area (TPSA) is 66.9 Å². The van der Waals surface area contributed by atoms with E-state index < -0.39 is 0 Å². The summed E-state index contributed by atoms with van der Waals surface area (Å²) in [5, 5.41) is 11.6. The highest BCUT2D eigenvalue weighted by atomic mass is 32.1. The number of nitrogens with one attached hydrogen (secondary N) is 2. The van der Waals surface area contributed by atoms with Crippen LogP contribution in [0.2, 0.25) is 0 Å². The second kappa shape index (κ2) is 4.67. The average molecular weight is 226 g/mol. The summed E-state index contributed by atoms with van der Waals surface area (Å²) in [7, 11) is 0. The van der Waals surface area contributed by atoms with Gasteiger partial charge in [0.25, 0.3) is 5.91 Å². The van der Waals surface area contributed by atoms with Crippen molar-refractivity contribution in [3.05, 3.63) is 11.1 Å². The Kier molecular flexibility index (Phi) is 3.27. The van der Waals surface area contributed by atoms with Gasteiger partial charge in [-0.15, -0.1) is 5.10 Å². The van der Waals surface area contributed by atoms with E-state index in [0.29, 0.717) is 11.6 Å². The first kappa shape index (κ1) is 10.5. The van der Waals surface area contributed by atoms with Gasteiger partial charge in [-0.2, -0.15) is 0 Å². The van der Waals surface area contributed by atoms with Crippen molar-refractivity contribution in [3.8, 4) is 0 Å². The van der Waals surface area contributed by atoms with Crippen LogP contribution < -0.4 is 10.6 Å². The zero-order valence-electron chi connectivity index (χ0n) is 8.56. The quantitative estimate of drug-likeness (QED) is 0.759. The lowest BCUT2D eigenvalue weighted by atomic mass is 9.95. The summed E-state index contributed by atoms with van der Waals surface area (Å²) in [5.41, 5.74) is 0.415. The number of rotatable bonds is 2. The van der Waals surface area contributed by atoms with E-state index in [0.717, 1.165) is 19.5 Å².